The molecular weight excluding hydrogens is 619 g/mol. The summed E-state index contributed by atoms with van der Waals surface area (Å²) in [5, 5.41) is 5.57. The number of amides is 5. The molecule has 2 N–H and O–H groups in total. The number of nitrogens with zero attached hydrogens (tertiary/aromatic N) is 2. The first-order valence-corrected chi connectivity index (χ1v) is 16.8. The molecule has 0 spiro atoms. The summed E-state index contributed by atoms with van der Waals surface area (Å²) in [6.45, 7) is 15.8. The van der Waals surface area contributed by atoms with Gasteiger partial charge in [-0.2, -0.15) is 0 Å². The molecule has 2 bridgehead atoms. The maximum absolute atomic E-state index is 13.7. The van der Waals surface area contributed by atoms with E-state index < -0.39 is 60.0 Å². The van der Waals surface area contributed by atoms with Crippen molar-refractivity contribution in [3.05, 3.63) is 29.3 Å². The number of hydrogen-bond acceptors (Lipinski definition) is 9. The lowest BCUT2D eigenvalue weighted by atomic mass is 9.43. The van der Waals surface area contributed by atoms with Crippen LogP contribution in [0.2, 0.25) is 0 Å². The monoisotopic (exact) mass is 668 g/mol. The summed E-state index contributed by atoms with van der Waals surface area (Å²) < 4.78 is 24.7. The Hall–Kier alpha value is -3.65. The Morgan fingerprint density at radius 2 is 1.79 bits per heavy atom. The number of urea groups is 1. The van der Waals surface area contributed by atoms with Gasteiger partial charge in [0, 0.05) is 19.6 Å². The molecule has 5 amide bonds. The van der Waals surface area contributed by atoms with Crippen molar-refractivity contribution in [2.75, 3.05) is 26.7 Å². The van der Waals surface area contributed by atoms with Gasteiger partial charge >= 0.3 is 30.9 Å². The molecule has 2 aliphatic heterocycles. The first kappa shape index (κ1) is 35.7. The van der Waals surface area contributed by atoms with E-state index >= 15 is 0 Å². The Kier molecular flexibility index (Phi) is 9.66. The molecule has 1 aromatic carbocycles. The molecule has 5 fully saturated rings. The Morgan fingerprint density at radius 1 is 1.08 bits per heavy atom. The smallest absolute Gasteiger partial charge is 0.482 e. The summed E-state index contributed by atoms with van der Waals surface area (Å²) >= 11 is 0. The number of esters is 1. The molecule has 0 radical (unpaired) electrons. The van der Waals surface area contributed by atoms with Gasteiger partial charge in [-0.25, -0.2) is 9.59 Å². The molecule has 14 heteroatoms. The van der Waals surface area contributed by atoms with Gasteiger partial charge in [-0.1, -0.05) is 26.0 Å². The summed E-state index contributed by atoms with van der Waals surface area (Å²) in [6, 6.07) is 3.25. The van der Waals surface area contributed by atoms with Gasteiger partial charge in [-0.15, -0.1) is 0 Å². The normalized spacial score (nSPS) is 27.4. The lowest BCUT2D eigenvalue weighted by Gasteiger charge is -2.64. The maximum atomic E-state index is 13.7. The number of para-hydroxylation sites is 1. The molecule has 3 saturated carbocycles. The molecular formula is C34H49BN4O9. The fourth-order valence-corrected chi connectivity index (χ4v) is 7.81. The van der Waals surface area contributed by atoms with Crippen molar-refractivity contribution < 1.29 is 42.8 Å². The summed E-state index contributed by atoms with van der Waals surface area (Å²) in [5.74, 6) is -2.42. The number of piperazine rings is 1. The predicted octanol–water partition coefficient (Wildman–Crippen LogP) is 2.73. The van der Waals surface area contributed by atoms with Gasteiger partial charge in [0.15, 0.2) is 0 Å². The number of ether oxygens (including phenoxy) is 2. The first-order chi connectivity index (χ1) is 22.4. The van der Waals surface area contributed by atoms with Crippen LogP contribution in [0.25, 0.3) is 0 Å². The third-order valence-electron chi connectivity index (χ3n) is 10.7. The zero-order valence-corrected chi connectivity index (χ0v) is 29.5. The Bertz CT molecular complexity index is 1480. The highest BCUT2D eigenvalue weighted by molar-refractivity contribution is 6.48. The van der Waals surface area contributed by atoms with E-state index in [1.165, 1.54) is 18.9 Å². The van der Waals surface area contributed by atoms with Crippen molar-refractivity contribution in [1.29, 1.82) is 0 Å². The molecule has 2 heterocycles. The van der Waals surface area contributed by atoms with Crippen LogP contribution in [-0.2, 0) is 34.9 Å². The summed E-state index contributed by atoms with van der Waals surface area (Å²) in [6.07, 6.45) is 1.91. The van der Waals surface area contributed by atoms with Crippen LogP contribution in [0.4, 0.5) is 4.79 Å². The van der Waals surface area contributed by atoms with E-state index in [2.05, 4.69) is 31.4 Å². The molecule has 6 rings (SSSR count). The highest BCUT2D eigenvalue weighted by Crippen LogP contribution is 2.65. The number of nitrogens with one attached hydrogen (secondary N) is 2. The number of imide groups is 1. The highest BCUT2D eigenvalue weighted by atomic mass is 16.7. The predicted molar refractivity (Wildman–Crippen MR) is 176 cm³/mol. The van der Waals surface area contributed by atoms with E-state index in [9.17, 15) is 24.0 Å². The van der Waals surface area contributed by atoms with Crippen LogP contribution < -0.4 is 15.4 Å². The van der Waals surface area contributed by atoms with Crippen LogP contribution >= 0.6 is 0 Å². The van der Waals surface area contributed by atoms with E-state index in [-0.39, 0.29) is 42.5 Å². The number of methoxy groups -OCH3 is 1. The molecule has 13 nitrogen and oxygen atoms in total. The third kappa shape index (κ3) is 6.53. The van der Waals surface area contributed by atoms with Gasteiger partial charge < -0.3 is 34.3 Å². The SMILES string of the molecule is CCN1CCN(C(=O)NC(C)C(=O)N[C@@H](Cc2cccc(C(=O)OC(C)(C)C)c2OC)B2OC3C[C@@H]4C[C@@H](C4(C)C)[C@]3(C)O2)C(=O)C1=O. The second-order valence-electron chi connectivity index (χ2n) is 15.2. The topological polar surface area (TPSA) is 153 Å². The number of hydrogen-bond donors (Lipinski definition) is 2. The van der Waals surface area contributed by atoms with Gasteiger partial charge in [0.1, 0.15) is 23.0 Å². The first-order valence-electron chi connectivity index (χ1n) is 16.8. The minimum Gasteiger partial charge on any atom is -0.496 e. The minimum atomic E-state index is -1.08. The molecule has 0 aromatic heterocycles. The minimum absolute atomic E-state index is 0.0250. The number of benzene rings is 1. The number of likely N-dealkylation sites (N-methyl/N-ethyl adjacent to an activating group) is 1. The van der Waals surface area contributed by atoms with Gasteiger partial charge in [0.05, 0.1) is 24.8 Å². The van der Waals surface area contributed by atoms with E-state index in [1.807, 2.05) is 0 Å². The third-order valence-corrected chi connectivity index (χ3v) is 10.7. The number of carbonyl (C=O) groups is 5. The maximum Gasteiger partial charge on any atom is 0.482 e. The van der Waals surface area contributed by atoms with Crippen LogP contribution in [0.5, 0.6) is 5.75 Å². The fourth-order valence-electron chi connectivity index (χ4n) is 7.81. The van der Waals surface area contributed by atoms with Crippen molar-refractivity contribution in [3.63, 3.8) is 0 Å². The lowest BCUT2D eigenvalue weighted by Crippen LogP contribution is -2.65. The van der Waals surface area contributed by atoms with Crippen molar-refractivity contribution in [2.45, 2.75) is 104 Å². The zero-order valence-electron chi connectivity index (χ0n) is 29.5. The standard InChI is InChI=1S/C34H49BN4O9/c1-10-38-14-15-39(29(42)28(38)41)31(44)36-19(2)27(40)37-25(35-47-24-18-21-17-23(33(21,6)7)34(24,8)48-35)16-20-12-11-13-22(26(20)45-9)30(43)46-32(3,4)5/h11-13,19,21,23-25H,10,14-18H2,1-9H3,(H,36,44)(H,37,40)/t19?,21-,23-,24?,25-,34-/m0/s1. The fraction of sp³-hybridized carbons (Fsp3) is 0.676. The highest BCUT2D eigenvalue weighted by Gasteiger charge is 2.68. The Labute approximate surface area is 282 Å². The molecule has 262 valence electrons. The quantitative estimate of drug-likeness (QED) is 0.230. The van der Waals surface area contributed by atoms with Crippen LogP contribution in [-0.4, -0.2) is 103 Å². The molecule has 2 saturated heterocycles. The van der Waals surface area contributed by atoms with E-state index in [4.69, 9.17) is 18.8 Å². The average molecular weight is 669 g/mol. The molecule has 6 atom stereocenters. The summed E-state index contributed by atoms with van der Waals surface area (Å²) in [5.41, 5.74) is -0.301. The van der Waals surface area contributed by atoms with Crippen molar-refractivity contribution in [1.82, 2.24) is 20.4 Å². The average Bonchev–Trinajstić information content (AvgIpc) is 3.38. The largest absolute Gasteiger partial charge is 0.496 e. The van der Waals surface area contributed by atoms with Crippen LogP contribution in [0.1, 0.15) is 84.2 Å². The molecule has 2 unspecified atom stereocenters. The van der Waals surface area contributed by atoms with Gasteiger partial charge in [0.2, 0.25) is 5.91 Å². The zero-order chi connectivity index (χ0) is 35.3. The van der Waals surface area contributed by atoms with E-state index in [0.717, 1.165) is 17.7 Å². The molecule has 3 aliphatic carbocycles. The number of rotatable bonds is 9. The molecule has 48 heavy (non-hydrogen) atoms. The second-order valence-corrected chi connectivity index (χ2v) is 15.2. The van der Waals surface area contributed by atoms with E-state index in [1.54, 1.807) is 45.9 Å². The van der Waals surface area contributed by atoms with Crippen LogP contribution in [0.15, 0.2) is 18.2 Å². The van der Waals surface area contributed by atoms with Gasteiger partial charge in [-0.05, 0) is 89.7 Å². The van der Waals surface area contributed by atoms with Crippen molar-refractivity contribution >= 4 is 36.8 Å². The second kappa shape index (κ2) is 13.0. The summed E-state index contributed by atoms with van der Waals surface area (Å²) in [4.78, 5) is 67.0. The van der Waals surface area contributed by atoms with Crippen LogP contribution in [0, 0.1) is 17.3 Å². The van der Waals surface area contributed by atoms with Crippen LogP contribution in [0.3, 0.4) is 0 Å². The Morgan fingerprint density at radius 3 is 2.42 bits per heavy atom. The Balaban J connectivity index is 1.37. The summed E-state index contributed by atoms with van der Waals surface area (Å²) in [7, 11) is 0.635. The van der Waals surface area contributed by atoms with Crippen molar-refractivity contribution in [3.8, 4) is 5.75 Å². The number of carbonyl (C=O) groups excluding carboxylic acids is 5. The van der Waals surface area contributed by atoms with Crippen molar-refractivity contribution in [2.24, 2.45) is 17.3 Å². The van der Waals surface area contributed by atoms with E-state index in [0.29, 0.717) is 23.8 Å². The van der Waals surface area contributed by atoms with Gasteiger partial charge in [0.25, 0.3) is 0 Å². The van der Waals surface area contributed by atoms with Gasteiger partial charge in [-0.3, -0.25) is 19.3 Å². The lowest BCUT2D eigenvalue weighted by molar-refractivity contribution is -0.199. The molecule has 1 aromatic rings. The molecule has 5 aliphatic rings.